The van der Waals surface area contributed by atoms with Crippen LogP contribution in [0.2, 0.25) is 0 Å². The smallest absolute Gasteiger partial charge is 0.244 e. The maximum Gasteiger partial charge on any atom is 0.244 e. The second kappa shape index (κ2) is 6.71. The molecule has 1 aromatic carbocycles. The van der Waals surface area contributed by atoms with E-state index in [9.17, 15) is 4.79 Å². The monoisotopic (exact) mass is 295 g/mol. The molecule has 0 aliphatic carbocycles. The van der Waals surface area contributed by atoms with Gasteiger partial charge in [-0.25, -0.2) is 0 Å². The second-order valence-electron chi connectivity index (χ2n) is 5.55. The molecule has 0 bridgehead atoms. The predicted octanol–water partition coefficient (Wildman–Crippen LogP) is 2.71. The minimum atomic E-state index is -0.0367. The molecule has 3 rings (SSSR count). The largest absolute Gasteiger partial charge is 0.311 e. The van der Waals surface area contributed by atoms with E-state index < -0.39 is 0 Å². The molecule has 0 saturated carbocycles. The summed E-state index contributed by atoms with van der Waals surface area (Å²) in [7, 11) is 0. The van der Waals surface area contributed by atoms with Crippen molar-refractivity contribution < 1.29 is 4.79 Å². The van der Waals surface area contributed by atoms with Crippen LogP contribution in [-0.4, -0.2) is 34.9 Å². The molecule has 2 aromatic rings. The Hall–Kier alpha value is -2.20. The number of aromatic nitrogens is 1. The number of para-hydroxylation sites is 1. The Labute approximate surface area is 131 Å². The lowest BCUT2D eigenvalue weighted by atomic mass is 10.1. The van der Waals surface area contributed by atoms with E-state index in [1.54, 1.807) is 6.20 Å². The first-order valence-electron chi connectivity index (χ1n) is 7.79. The Balaban J connectivity index is 1.73. The van der Waals surface area contributed by atoms with Crippen molar-refractivity contribution in [2.45, 2.75) is 25.9 Å². The Morgan fingerprint density at radius 1 is 1.23 bits per heavy atom. The molecule has 114 valence electrons. The summed E-state index contributed by atoms with van der Waals surface area (Å²) in [4.78, 5) is 21.1. The van der Waals surface area contributed by atoms with Gasteiger partial charge in [-0.1, -0.05) is 31.2 Å². The maximum absolute atomic E-state index is 12.8. The first-order chi connectivity index (χ1) is 10.8. The molecule has 1 fully saturated rings. The lowest BCUT2D eigenvalue weighted by molar-refractivity contribution is -0.121. The Morgan fingerprint density at radius 2 is 2.05 bits per heavy atom. The molecule has 1 saturated heterocycles. The highest BCUT2D eigenvalue weighted by molar-refractivity contribution is 5.99. The van der Waals surface area contributed by atoms with Gasteiger partial charge < -0.3 is 4.90 Å². The molecular weight excluding hydrogens is 274 g/mol. The molecule has 0 radical (unpaired) electrons. The number of benzene rings is 1. The van der Waals surface area contributed by atoms with Gasteiger partial charge in [0, 0.05) is 31.2 Å². The minimum absolute atomic E-state index is 0.0367. The summed E-state index contributed by atoms with van der Waals surface area (Å²) in [6.07, 6.45) is 4.52. The van der Waals surface area contributed by atoms with Gasteiger partial charge in [-0.05, 0) is 36.7 Å². The zero-order valence-corrected chi connectivity index (χ0v) is 12.9. The third-order valence-corrected chi connectivity index (χ3v) is 4.20. The minimum Gasteiger partial charge on any atom is -0.311 e. The number of carbonyl (C=O) groups excluding carboxylic acids is 1. The Kier molecular flexibility index (Phi) is 4.49. The van der Waals surface area contributed by atoms with E-state index in [-0.39, 0.29) is 11.9 Å². The Bertz CT molecular complexity index is 615. The molecule has 0 spiro atoms. The molecule has 1 aromatic heterocycles. The van der Waals surface area contributed by atoms with Gasteiger partial charge >= 0.3 is 0 Å². The van der Waals surface area contributed by atoms with E-state index in [0.29, 0.717) is 0 Å². The summed E-state index contributed by atoms with van der Waals surface area (Å²) in [5.74, 6) is 0.206. The van der Waals surface area contributed by atoms with Crippen LogP contribution in [0.1, 0.15) is 18.9 Å². The normalized spacial score (nSPS) is 18.2. The summed E-state index contributed by atoms with van der Waals surface area (Å²) >= 11 is 0. The first-order valence-corrected chi connectivity index (χ1v) is 7.79. The number of nitrogens with zero attached hydrogens (tertiary/aromatic N) is 3. The average molecular weight is 295 g/mol. The molecule has 1 aliphatic heterocycles. The molecule has 0 N–H and O–H groups in total. The van der Waals surface area contributed by atoms with E-state index in [0.717, 1.165) is 37.3 Å². The zero-order chi connectivity index (χ0) is 15.4. The van der Waals surface area contributed by atoms with E-state index in [1.807, 2.05) is 47.5 Å². The zero-order valence-electron chi connectivity index (χ0n) is 12.9. The molecule has 4 nitrogen and oxygen atoms in total. The third kappa shape index (κ3) is 3.02. The van der Waals surface area contributed by atoms with Crippen LogP contribution >= 0.6 is 0 Å². The number of likely N-dealkylation sites (N-methyl/N-ethyl adjacent to an activating group) is 1. The molecule has 0 unspecified atom stereocenters. The van der Waals surface area contributed by atoms with Crippen LogP contribution in [0.25, 0.3) is 0 Å². The fraction of sp³-hybridized carbons (Fsp3) is 0.333. The molecule has 2 heterocycles. The number of anilines is 1. The van der Waals surface area contributed by atoms with E-state index >= 15 is 0 Å². The van der Waals surface area contributed by atoms with Gasteiger partial charge in [0.1, 0.15) is 0 Å². The fourth-order valence-corrected chi connectivity index (χ4v) is 3.04. The SMILES string of the molecule is CCN(Cc1cccnc1)[C@@H]1CCN(c2ccccc2)C1=O. The quantitative estimate of drug-likeness (QED) is 0.851. The summed E-state index contributed by atoms with van der Waals surface area (Å²) in [6.45, 7) is 4.52. The van der Waals surface area contributed by atoms with E-state index in [4.69, 9.17) is 0 Å². The second-order valence-corrected chi connectivity index (χ2v) is 5.55. The van der Waals surface area contributed by atoms with Gasteiger partial charge in [0.05, 0.1) is 6.04 Å². The number of hydrogen-bond donors (Lipinski definition) is 0. The van der Waals surface area contributed by atoms with Gasteiger partial charge in [-0.2, -0.15) is 0 Å². The number of rotatable bonds is 5. The summed E-state index contributed by atoms with van der Waals surface area (Å²) < 4.78 is 0. The molecular formula is C18H21N3O. The van der Waals surface area contributed by atoms with Crippen LogP contribution in [0.4, 0.5) is 5.69 Å². The van der Waals surface area contributed by atoms with Crippen molar-refractivity contribution >= 4 is 11.6 Å². The van der Waals surface area contributed by atoms with Gasteiger partial charge in [0.2, 0.25) is 5.91 Å². The summed E-state index contributed by atoms with van der Waals surface area (Å²) in [5.41, 5.74) is 2.14. The standard InChI is InChI=1S/C18H21N3O/c1-2-20(14-15-7-6-11-19-13-15)17-10-12-21(18(17)22)16-8-4-3-5-9-16/h3-9,11,13,17H,2,10,12,14H2,1H3/t17-/m1/s1. The van der Waals surface area contributed by atoms with Crippen molar-refractivity contribution in [1.82, 2.24) is 9.88 Å². The third-order valence-electron chi connectivity index (χ3n) is 4.20. The topological polar surface area (TPSA) is 36.4 Å². The van der Waals surface area contributed by atoms with Crippen LogP contribution < -0.4 is 4.90 Å². The van der Waals surface area contributed by atoms with Gasteiger partial charge in [0.25, 0.3) is 0 Å². The van der Waals surface area contributed by atoms with Gasteiger partial charge in [-0.3, -0.25) is 14.7 Å². The van der Waals surface area contributed by atoms with Gasteiger partial charge in [-0.15, -0.1) is 0 Å². The number of pyridine rings is 1. The molecule has 1 aliphatic rings. The molecule has 22 heavy (non-hydrogen) atoms. The van der Waals surface area contributed by atoms with Crippen molar-refractivity contribution in [2.75, 3.05) is 18.0 Å². The lowest BCUT2D eigenvalue weighted by Crippen LogP contribution is -2.41. The maximum atomic E-state index is 12.8. The highest BCUT2D eigenvalue weighted by Gasteiger charge is 2.35. The van der Waals surface area contributed by atoms with Crippen molar-refractivity contribution in [1.29, 1.82) is 0 Å². The summed E-state index contributed by atoms with van der Waals surface area (Å²) in [6, 6.07) is 13.9. The van der Waals surface area contributed by atoms with Crippen molar-refractivity contribution in [3.05, 3.63) is 60.4 Å². The predicted molar refractivity (Wildman–Crippen MR) is 87.5 cm³/mol. The van der Waals surface area contributed by atoms with Crippen LogP contribution in [0.15, 0.2) is 54.9 Å². The highest BCUT2D eigenvalue weighted by Crippen LogP contribution is 2.25. The van der Waals surface area contributed by atoms with Crippen molar-refractivity contribution in [3.8, 4) is 0 Å². The average Bonchev–Trinajstić information content (AvgIpc) is 2.96. The fourth-order valence-electron chi connectivity index (χ4n) is 3.04. The molecule has 1 atom stereocenters. The molecule has 1 amide bonds. The van der Waals surface area contributed by atoms with Gasteiger partial charge in [0.15, 0.2) is 0 Å². The van der Waals surface area contributed by atoms with Crippen LogP contribution in [0.5, 0.6) is 0 Å². The van der Waals surface area contributed by atoms with E-state index in [2.05, 4.69) is 22.9 Å². The van der Waals surface area contributed by atoms with Crippen LogP contribution in [-0.2, 0) is 11.3 Å². The number of amides is 1. The summed E-state index contributed by atoms with van der Waals surface area (Å²) in [5, 5.41) is 0. The van der Waals surface area contributed by atoms with Crippen molar-refractivity contribution in [2.24, 2.45) is 0 Å². The van der Waals surface area contributed by atoms with E-state index in [1.165, 1.54) is 0 Å². The number of carbonyl (C=O) groups is 1. The number of hydrogen-bond acceptors (Lipinski definition) is 3. The van der Waals surface area contributed by atoms with Crippen molar-refractivity contribution in [3.63, 3.8) is 0 Å². The highest BCUT2D eigenvalue weighted by atomic mass is 16.2. The van der Waals surface area contributed by atoms with Crippen LogP contribution in [0.3, 0.4) is 0 Å². The molecule has 4 heteroatoms. The Morgan fingerprint density at radius 3 is 2.73 bits per heavy atom. The first kappa shape index (κ1) is 14.7. The lowest BCUT2D eigenvalue weighted by Gasteiger charge is -2.26. The van der Waals surface area contributed by atoms with Crippen LogP contribution in [0, 0.1) is 0 Å².